The summed E-state index contributed by atoms with van der Waals surface area (Å²) >= 11 is 6.13. The first-order valence-corrected chi connectivity index (χ1v) is 10.1. The van der Waals surface area contributed by atoms with Crippen LogP contribution in [0.2, 0.25) is 5.15 Å². The van der Waals surface area contributed by atoms with Crippen LogP contribution >= 0.6 is 11.6 Å². The Labute approximate surface area is 190 Å². The number of carbonyl (C=O) groups excluding carboxylic acids is 1. The highest BCUT2D eigenvalue weighted by atomic mass is 35.5. The van der Waals surface area contributed by atoms with Gasteiger partial charge in [0.05, 0.1) is 11.1 Å². The van der Waals surface area contributed by atoms with E-state index in [0.29, 0.717) is 28.2 Å². The molecule has 32 heavy (non-hydrogen) atoms. The summed E-state index contributed by atoms with van der Waals surface area (Å²) in [6.07, 6.45) is -4.72. The molecule has 0 atom stereocenters. The maximum atomic E-state index is 13.5. The van der Waals surface area contributed by atoms with E-state index in [0.717, 1.165) is 5.39 Å². The number of hydrogen-bond donors (Lipinski definition) is 0. The molecule has 4 rings (SSSR count). The fourth-order valence-electron chi connectivity index (χ4n) is 3.86. The van der Waals surface area contributed by atoms with Crippen LogP contribution in [-0.4, -0.2) is 47.1 Å². The van der Waals surface area contributed by atoms with E-state index in [1.54, 1.807) is 12.1 Å². The van der Waals surface area contributed by atoms with Crippen molar-refractivity contribution < 1.29 is 26.5 Å². The first kappa shape index (κ1) is 18.6. The van der Waals surface area contributed by atoms with E-state index in [-0.39, 0.29) is 37.2 Å². The van der Waals surface area contributed by atoms with Crippen LogP contribution in [0.5, 0.6) is 0 Å². The van der Waals surface area contributed by atoms with Crippen LogP contribution in [0.1, 0.15) is 32.9 Å². The minimum Gasteiger partial charge on any atom is -0.354 e. The summed E-state index contributed by atoms with van der Waals surface area (Å²) in [5.74, 6) is -1.97. The topological polar surface area (TPSA) is 49.3 Å². The Morgan fingerprint density at radius 2 is 1.84 bits per heavy atom. The van der Waals surface area contributed by atoms with Gasteiger partial charge in [-0.3, -0.25) is 4.79 Å². The van der Waals surface area contributed by atoms with Gasteiger partial charge in [-0.25, -0.2) is 4.39 Å². The van der Waals surface area contributed by atoms with Crippen LogP contribution in [0.25, 0.3) is 10.8 Å². The van der Waals surface area contributed by atoms with Gasteiger partial charge in [-0.15, -0.1) is 10.2 Å². The van der Waals surface area contributed by atoms with E-state index in [2.05, 4.69) is 10.2 Å². The van der Waals surface area contributed by atoms with E-state index in [1.165, 1.54) is 0 Å². The molecule has 0 unspecified atom stereocenters. The molecule has 0 bridgehead atoms. The average Bonchev–Trinajstić information content (AvgIpc) is 2.79. The smallest absolute Gasteiger partial charge is 0.354 e. The Kier molecular flexibility index (Phi) is 4.97. The van der Waals surface area contributed by atoms with Crippen molar-refractivity contribution >= 4 is 34.1 Å². The lowest BCUT2D eigenvalue weighted by atomic mass is 10.00. The number of benzene rings is 2. The zero-order valence-electron chi connectivity index (χ0n) is 19.5. The molecule has 0 radical (unpaired) electrons. The third-order valence-corrected chi connectivity index (χ3v) is 5.77. The van der Waals surface area contributed by atoms with Crippen molar-refractivity contribution in [3.8, 4) is 0 Å². The summed E-state index contributed by atoms with van der Waals surface area (Å²) in [4.78, 5) is 15.5. The fourth-order valence-corrected chi connectivity index (χ4v) is 4.06. The quantitative estimate of drug-likeness (QED) is 0.496. The lowest BCUT2D eigenvalue weighted by molar-refractivity contribution is -0.138. The molecule has 0 saturated carbocycles. The number of rotatable bonds is 3. The van der Waals surface area contributed by atoms with Gasteiger partial charge in [0.25, 0.3) is 5.91 Å². The average molecular weight is 470 g/mol. The Morgan fingerprint density at radius 3 is 2.50 bits per heavy atom. The standard InChI is InChI=1S/C22H19ClF4N4O/c1-30(21(32)17-7-6-13(24)12-18(17)22(25,26)27)14-8-10-31(11-9-14)20-16-5-3-2-4-15(16)19(23)28-29-20/h2-7,12,14H,8-11H2,1H3/i1D3. The van der Waals surface area contributed by atoms with Gasteiger partial charge >= 0.3 is 6.18 Å². The number of nitrogens with zero attached hydrogens (tertiary/aromatic N) is 4. The van der Waals surface area contributed by atoms with Crippen molar-refractivity contribution in [3.63, 3.8) is 0 Å². The first-order valence-electron chi connectivity index (χ1n) is 11.2. The highest BCUT2D eigenvalue weighted by Gasteiger charge is 2.37. The van der Waals surface area contributed by atoms with Gasteiger partial charge in [-0.1, -0.05) is 35.9 Å². The van der Waals surface area contributed by atoms with Crippen molar-refractivity contribution in [1.82, 2.24) is 15.1 Å². The minimum atomic E-state index is -5.04. The van der Waals surface area contributed by atoms with Gasteiger partial charge in [0.1, 0.15) is 5.82 Å². The number of amides is 1. The second kappa shape index (κ2) is 8.54. The Bertz CT molecular complexity index is 1260. The monoisotopic (exact) mass is 469 g/mol. The summed E-state index contributed by atoms with van der Waals surface area (Å²) in [6, 6.07) is 7.92. The Hall–Kier alpha value is -2.94. The highest BCUT2D eigenvalue weighted by Crippen LogP contribution is 2.34. The second-order valence-corrected chi connectivity index (χ2v) is 7.80. The number of halogens is 5. The molecule has 168 valence electrons. The van der Waals surface area contributed by atoms with Crippen LogP contribution in [0.15, 0.2) is 42.5 Å². The van der Waals surface area contributed by atoms with Gasteiger partial charge in [0.15, 0.2) is 11.0 Å². The lowest BCUT2D eigenvalue weighted by Gasteiger charge is -2.37. The van der Waals surface area contributed by atoms with Crippen LogP contribution in [0.4, 0.5) is 23.4 Å². The molecule has 3 aromatic rings. The normalized spacial score (nSPS) is 17.0. The molecular weight excluding hydrogens is 448 g/mol. The number of hydrogen-bond acceptors (Lipinski definition) is 4. The maximum Gasteiger partial charge on any atom is 0.417 e. The number of aromatic nitrogens is 2. The van der Waals surface area contributed by atoms with E-state index in [1.807, 2.05) is 17.0 Å². The molecule has 1 amide bonds. The Balaban J connectivity index is 1.61. The van der Waals surface area contributed by atoms with Crippen LogP contribution in [-0.2, 0) is 6.18 Å². The number of alkyl halides is 3. The van der Waals surface area contributed by atoms with Gasteiger partial charge in [-0.2, -0.15) is 13.2 Å². The zero-order valence-corrected chi connectivity index (χ0v) is 17.3. The van der Waals surface area contributed by atoms with Crippen molar-refractivity contribution in [2.75, 3.05) is 25.0 Å². The summed E-state index contributed by atoms with van der Waals surface area (Å²) < 4.78 is 77.5. The SMILES string of the molecule is [2H]C([2H])([2H])N(C(=O)c1ccc(F)cc1C(F)(F)F)C1CCN(c2nnc(Cl)c3ccccc23)CC1. The van der Waals surface area contributed by atoms with Crippen LogP contribution < -0.4 is 4.90 Å². The summed E-state index contributed by atoms with van der Waals surface area (Å²) in [5, 5.41) is 9.81. The molecule has 2 aromatic carbocycles. The van der Waals surface area contributed by atoms with Gasteiger partial charge in [0.2, 0.25) is 0 Å². The fraction of sp³-hybridized carbons (Fsp3) is 0.318. The third-order valence-electron chi connectivity index (χ3n) is 5.49. The number of piperidine rings is 1. The summed E-state index contributed by atoms with van der Waals surface area (Å²) in [6.45, 7) is -2.45. The van der Waals surface area contributed by atoms with Crippen LogP contribution in [0.3, 0.4) is 0 Å². The largest absolute Gasteiger partial charge is 0.417 e. The molecule has 10 heteroatoms. The molecule has 1 aliphatic rings. The maximum absolute atomic E-state index is 13.5. The summed E-state index contributed by atoms with van der Waals surface area (Å²) in [7, 11) is 0. The van der Waals surface area contributed by atoms with Crippen molar-refractivity contribution in [1.29, 1.82) is 0 Å². The first-order chi connectivity index (χ1) is 16.4. The molecular formula is C22H19ClF4N4O. The molecule has 5 nitrogen and oxygen atoms in total. The van der Waals surface area contributed by atoms with Gasteiger partial charge in [0, 0.05) is 41.0 Å². The van der Waals surface area contributed by atoms with E-state index >= 15 is 0 Å². The minimum absolute atomic E-state index is 0.158. The molecule has 1 aromatic heterocycles. The second-order valence-electron chi connectivity index (χ2n) is 7.44. The van der Waals surface area contributed by atoms with E-state index < -0.39 is 42.0 Å². The molecule has 1 aliphatic heterocycles. The number of fused-ring (bicyclic) bond motifs is 1. The van der Waals surface area contributed by atoms with Crippen molar-refractivity contribution in [3.05, 3.63) is 64.6 Å². The number of carbonyl (C=O) groups is 1. The molecule has 2 heterocycles. The summed E-state index contributed by atoms with van der Waals surface area (Å²) in [5.41, 5.74) is -2.43. The molecule has 0 aliphatic carbocycles. The predicted molar refractivity (Wildman–Crippen MR) is 113 cm³/mol. The Morgan fingerprint density at radius 1 is 1.16 bits per heavy atom. The zero-order chi connectivity index (χ0) is 25.5. The molecule has 1 fully saturated rings. The van der Waals surface area contributed by atoms with E-state index in [4.69, 9.17) is 15.7 Å². The van der Waals surface area contributed by atoms with Crippen molar-refractivity contribution in [2.45, 2.75) is 25.1 Å². The molecule has 1 saturated heterocycles. The van der Waals surface area contributed by atoms with Gasteiger partial charge in [-0.05, 0) is 31.0 Å². The predicted octanol–water partition coefficient (Wildman–Crippen LogP) is 5.18. The van der Waals surface area contributed by atoms with Crippen LogP contribution in [0, 0.1) is 5.82 Å². The van der Waals surface area contributed by atoms with Gasteiger partial charge < -0.3 is 9.80 Å². The lowest BCUT2D eigenvalue weighted by Crippen LogP contribution is -2.46. The molecule has 0 N–H and O–H groups in total. The van der Waals surface area contributed by atoms with Crippen molar-refractivity contribution in [2.24, 2.45) is 0 Å². The highest BCUT2D eigenvalue weighted by molar-refractivity contribution is 6.34. The number of anilines is 1. The van der Waals surface area contributed by atoms with E-state index in [9.17, 15) is 22.4 Å². The third kappa shape index (κ3) is 4.21. The molecule has 0 spiro atoms.